The normalized spacial score (nSPS) is 19.1. The Bertz CT molecular complexity index is 376. The minimum atomic E-state index is -0.801. The SMILES string of the molecule is COc1ccc2c(n1)C(C(=O)O)CC2. The summed E-state index contributed by atoms with van der Waals surface area (Å²) in [5.41, 5.74) is 1.69. The van der Waals surface area contributed by atoms with Crippen LogP contribution in [0.1, 0.15) is 23.6 Å². The zero-order chi connectivity index (χ0) is 10.1. The van der Waals surface area contributed by atoms with E-state index in [9.17, 15) is 4.79 Å². The second-order valence-corrected chi connectivity index (χ2v) is 3.33. The van der Waals surface area contributed by atoms with Gasteiger partial charge in [-0.25, -0.2) is 4.98 Å². The lowest BCUT2D eigenvalue weighted by atomic mass is 10.1. The number of ether oxygens (including phenoxy) is 1. The van der Waals surface area contributed by atoms with Crippen molar-refractivity contribution in [1.29, 1.82) is 0 Å². The van der Waals surface area contributed by atoms with E-state index in [2.05, 4.69) is 4.98 Å². The van der Waals surface area contributed by atoms with Crippen molar-refractivity contribution in [1.82, 2.24) is 4.98 Å². The summed E-state index contributed by atoms with van der Waals surface area (Å²) in [5, 5.41) is 8.94. The molecule has 4 nitrogen and oxygen atoms in total. The van der Waals surface area contributed by atoms with E-state index < -0.39 is 11.9 Å². The Labute approximate surface area is 81.5 Å². The maximum absolute atomic E-state index is 10.9. The molecule has 0 aromatic carbocycles. The predicted octanol–water partition coefficient (Wildman–Crippen LogP) is 1.20. The number of methoxy groups -OCH3 is 1. The number of fused-ring (bicyclic) bond motifs is 1. The van der Waals surface area contributed by atoms with Gasteiger partial charge in [-0.3, -0.25) is 4.79 Å². The van der Waals surface area contributed by atoms with Crippen LogP contribution in [0.15, 0.2) is 12.1 Å². The predicted molar refractivity (Wildman–Crippen MR) is 49.5 cm³/mol. The Morgan fingerprint density at radius 2 is 2.43 bits per heavy atom. The molecule has 0 fully saturated rings. The highest BCUT2D eigenvalue weighted by Crippen LogP contribution is 2.32. The number of pyridine rings is 1. The van der Waals surface area contributed by atoms with Crippen LogP contribution in [0.4, 0.5) is 0 Å². The maximum atomic E-state index is 10.9. The van der Waals surface area contributed by atoms with Gasteiger partial charge in [-0.15, -0.1) is 0 Å². The lowest BCUT2D eigenvalue weighted by Crippen LogP contribution is -2.09. The van der Waals surface area contributed by atoms with Crippen molar-refractivity contribution in [2.45, 2.75) is 18.8 Å². The van der Waals surface area contributed by atoms with Crippen LogP contribution >= 0.6 is 0 Å². The summed E-state index contributed by atoms with van der Waals surface area (Å²) >= 11 is 0. The first-order valence-electron chi connectivity index (χ1n) is 4.49. The van der Waals surface area contributed by atoms with Crippen LogP contribution in [0, 0.1) is 0 Å². The molecule has 0 saturated heterocycles. The highest BCUT2D eigenvalue weighted by molar-refractivity contribution is 5.77. The van der Waals surface area contributed by atoms with Crippen LogP contribution < -0.4 is 4.74 Å². The Balaban J connectivity index is 2.41. The smallest absolute Gasteiger partial charge is 0.312 e. The molecule has 1 atom stereocenters. The summed E-state index contributed by atoms with van der Waals surface area (Å²) < 4.78 is 4.96. The molecule has 74 valence electrons. The maximum Gasteiger partial charge on any atom is 0.312 e. The van der Waals surface area contributed by atoms with Crippen molar-refractivity contribution >= 4 is 5.97 Å². The molecular weight excluding hydrogens is 182 g/mol. The van der Waals surface area contributed by atoms with Gasteiger partial charge in [0.15, 0.2) is 0 Å². The molecular formula is C10H11NO3. The zero-order valence-corrected chi connectivity index (χ0v) is 7.86. The van der Waals surface area contributed by atoms with Gasteiger partial charge in [0.1, 0.15) is 0 Å². The molecule has 14 heavy (non-hydrogen) atoms. The van der Waals surface area contributed by atoms with Crippen molar-refractivity contribution in [3.63, 3.8) is 0 Å². The van der Waals surface area contributed by atoms with Gasteiger partial charge in [0.2, 0.25) is 5.88 Å². The second kappa shape index (κ2) is 3.29. The Kier molecular flexibility index (Phi) is 2.11. The number of hydrogen-bond acceptors (Lipinski definition) is 3. The molecule has 0 saturated carbocycles. The summed E-state index contributed by atoms with van der Waals surface area (Å²) in [6.07, 6.45) is 1.44. The van der Waals surface area contributed by atoms with E-state index in [1.54, 1.807) is 6.07 Å². The van der Waals surface area contributed by atoms with Crippen molar-refractivity contribution in [3.8, 4) is 5.88 Å². The monoisotopic (exact) mass is 193 g/mol. The van der Waals surface area contributed by atoms with E-state index in [0.717, 1.165) is 12.0 Å². The molecule has 0 bridgehead atoms. The average Bonchev–Trinajstić information content (AvgIpc) is 2.59. The number of nitrogens with zero attached hydrogens (tertiary/aromatic N) is 1. The third-order valence-corrected chi connectivity index (χ3v) is 2.53. The van der Waals surface area contributed by atoms with Gasteiger partial charge in [0, 0.05) is 6.07 Å². The number of aliphatic carboxylic acids is 1. The number of carboxylic acids is 1. The molecule has 1 unspecified atom stereocenters. The molecule has 1 heterocycles. The summed E-state index contributed by atoms with van der Waals surface area (Å²) in [5.74, 6) is -0.776. The van der Waals surface area contributed by atoms with Crippen molar-refractivity contribution in [2.75, 3.05) is 7.11 Å². The van der Waals surface area contributed by atoms with E-state index >= 15 is 0 Å². The summed E-state index contributed by atoms with van der Waals surface area (Å²) in [4.78, 5) is 15.1. The van der Waals surface area contributed by atoms with Crippen molar-refractivity contribution in [2.24, 2.45) is 0 Å². The highest BCUT2D eigenvalue weighted by atomic mass is 16.5. The molecule has 0 amide bonds. The van der Waals surface area contributed by atoms with E-state index in [0.29, 0.717) is 18.0 Å². The number of carbonyl (C=O) groups is 1. The number of rotatable bonds is 2. The molecule has 0 spiro atoms. The first kappa shape index (κ1) is 8.99. The summed E-state index contributed by atoms with van der Waals surface area (Å²) in [7, 11) is 1.53. The molecule has 1 aromatic heterocycles. The Hall–Kier alpha value is -1.58. The second-order valence-electron chi connectivity index (χ2n) is 3.33. The molecule has 0 radical (unpaired) electrons. The number of hydrogen-bond donors (Lipinski definition) is 1. The third kappa shape index (κ3) is 1.32. The molecule has 2 rings (SSSR count). The van der Waals surface area contributed by atoms with E-state index in [4.69, 9.17) is 9.84 Å². The van der Waals surface area contributed by atoms with Crippen molar-refractivity contribution < 1.29 is 14.6 Å². The molecule has 1 N–H and O–H groups in total. The standard InChI is InChI=1S/C10H11NO3/c1-14-8-5-3-6-2-4-7(10(12)13)9(6)11-8/h3,5,7H,2,4H2,1H3,(H,12,13). The van der Waals surface area contributed by atoms with Gasteiger partial charge in [-0.1, -0.05) is 6.07 Å². The van der Waals surface area contributed by atoms with Crippen LogP contribution in [-0.2, 0) is 11.2 Å². The van der Waals surface area contributed by atoms with Gasteiger partial charge in [0.05, 0.1) is 18.7 Å². The first-order valence-corrected chi connectivity index (χ1v) is 4.49. The lowest BCUT2D eigenvalue weighted by molar-refractivity contribution is -0.138. The minimum absolute atomic E-state index is 0.458. The highest BCUT2D eigenvalue weighted by Gasteiger charge is 2.30. The molecule has 1 aliphatic rings. The molecule has 4 heteroatoms. The number of carboxylic acid groups (broad SMARTS) is 1. The fourth-order valence-corrected chi connectivity index (χ4v) is 1.79. The first-order chi connectivity index (χ1) is 6.72. The fraction of sp³-hybridized carbons (Fsp3) is 0.400. The van der Waals surface area contributed by atoms with E-state index in [1.165, 1.54) is 7.11 Å². The minimum Gasteiger partial charge on any atom is -0.481 e. The van der Waals surface area contributed by atoms with Gasteiger partial charge >= 0.3 is 5.97 Å². The largest absolute Gasteiger partial charge is 0.481 e. The third-order valence-electron chi connectivity index (χ3n) is 2.53. The fourth-order valence-electron chi connectivity index (χ4n) is 1.79. The van der Waals surface area contributed by atoms with Crippen molar-refractivity contribution in [3.05, 3.63) is 23.4 Å². The van der Waals surface area contributed by atoms with Gasteiger partial charge < -0.3 is 9.84 Å². The van der Waals surface area contributed by atoms with Crippen LogP contribution in [0.2, 0.25) is 0 Å². The lowest BCUT2D eigenvalue weighted by Gasteiger charge is -2.06. The Morgan fingerprint density at radius 1 is 1.64 bits per heavy atom. The van der Waals surface area contributed by atoms with Crippen LogP contribution in [0.3, 0.4) is 0 Å². The topological polar surface area (TPSA) is 59.4 Å². The van der Waals surface area contributed by atoms with Gasteiger partial charge in [-0.05, 0) is 18.4 Å². The molecule has 1 aliphatic carbocycles. The number of aromatic nitrogens is 1. The quantitative estimate of drug-likeness (QED) is 0.766. The van der Waals surface area contributed by atoms with E-state index in [1.807, 2.05) is 6.07 Å². The Morgan fingerprint density at radius 3 is 3.07 bits per heavy atom. The zero-order valence-electron chi connectivity index (χ0n) is 7.86. The molecule has 1 aromatic rings. The molecule has 0 aliphatic heterocycles. The average molecular weight is 193 g/mol. The van der Waals surface area contributed by atoms with Gasteiger partial charge in [-0.2, -0.15) is 0 Å². The van der Waals surface area contributed by atoms with Crippen LogP contribution in [-0.4, -0.2) is 23.2 Å². The summed E-state index contributed by atoms with van der Waals surface area (Å²) in [6.45, 7) is 0. The van der Waals surface area contributed by atoms with Gasteiger partial charge in [0.25, 0.3) is 0 Å². The van der Waals surface area contributed by atoms with E-state index in [-0.39, 0.29) is 0 Å². The van der Waals surface area contributed by atoms with Crippen LogP contribution in [0.25, 0.3) is 0 Å². The summed E-state index contributed by atoms with van der Waals surface area (Å²) in [6, 6.07) is 3.66. The van der Waals surface area contributed by atoms with Crippen LogP contribution in [0.5, 0.6) is 5.88 Å². The number of aryl methyl sites for hydroxylation is 1.